The monoisotopic (exact) mass is 291 g/mol. The molecule has 1 fully saturated rings. The Labute approximate surface area is 124 Å². The molecule has 1 aliphatic rings. The van der Waals surface area contributed by atoms with Crippen LogP contribution in [0, 0.1) is 12.8 Å². The molecule has 5 heteroatoms. The Balaban J connectivity index is 1.85. The molecule has 0 radical (unpaired) electrons. The summed E-state index contributed by atoms with van der Waals surface area (Å²) in [4.78, 5) is 25.4. The summed E-state index contributed by atoms with van der Waals surface area (Å²) >= 11 is 0. The fraction of sp³-hybridized carbons (Fsp3) is 0.500. The number of carbonyl (C=O) groups excluding carboxylic acids is 2. The highest BCUT2D eigenvalue weighted by Crippen LogP contribution is 2.18. The largest absolute Gasteiger partial charge is 0.484 e. The summed E-state index contributed by atoms with van der Waals surface area (Å²) in [6.07, 6.45) is 1.59. The molecule has 1 aromatic rings. The normalized spacial score (nSPS) is 18.2. The third-order valence-corrected chi connectivity index (χ3v) is 3.69. The number of rotatable bonds is 4. The highest BCUT2D eigenvalue weighted by Gasteiger charge is 2.29. The standard InChI is InChI=1S/C16H21NO4/c1-12-5-7-14(8-6-12)21-11-15(18)17-9-3-4-13(10-17)16(19)20-2/h5-8,13H,3-4,9-11H2,1-2H3/t13-/m0/s1. The van der Waals surface area contributed by atoms with E-state index >= 15 is 0 Å². The molecule has 0 unspecified atom stereocenters. The van der Waals surface area contributed by atoms with E-state index in [9.17, 15) is 9.59 Å². The number of aryl methyl sites for hydroxylation is 1. The molecule has 0 bridgehead atoms. The maximum absolute atomic E-state index is 12.1. The number of esters is 1. The smallest absolute Gasteiger partial charge is 0.310 e. The molecule has 1 amide bonds. The van der Waals surface area contributed by atoms with Gasteiger partial charge in [-0.3, -0.25) is 9.59 Å². The van der Waals surface area contributed by atoms with Crippen molar-refractivity contribution >= 4 is 11.9 Å². The Morgan fingerprint density at radius 2 is 2.00 bits per heavy atom. The third kappa shape index (κ3) is 4.21. The van der Waals surface area contributed by atoms with Crippen LogP contribution >= 0.6 is 0 Å². The minimum atomic E-state index is -0.244. The van der Waals surface area contributed by atoms with Crippen molar-refractivity contribution in [3.63, 3.8) is 0 Å². The maximum Gasteiger partial charge on any atom is 0.310 e. The van der Waals surface area contributed by atoms with Gasteiger partial charge in [-0.2, -0.15) is 0 Å². The summed E-state index contributed by atoms with van der Waals surface area (Å²) in [5.41, 5.74) is 1.14. The van der Waals surface area contributed by atoms with Gasteiger partial charge in [-0.05, 0) is 31.9 Å². The lowest BCUT2D eigenvalue weighted by Gasteiger charge is -2.31. The lowest BCUT2D eigenvalue weighted by molar-refractivity contribution is -0.149. The van der Waals surface area contributed by atoms with Gasteiger partial charge in [0.05, 0.1) is 13.0 Å². The molecular formula is C16H21NO4. The zero-order chi connectivity index (χ0) is 15.2. The highest BCUT2D eigenvalue weighted by atomic mass is 16.5. The Morgan fingerprint density at radius 1 is 1.29 bits per heavy atom. The van der Waals surface area contributed by atoms with Gasteiger partial charge in [0.1, 0.15) is 5.75 Å². The number of piperidine rings is 1. The molecule has 114 valence electrons. The van der Waals surface area contributed by atoms with E-state index < -0.39 is 0 Å². The van der Waals surface area contributed by atoms with Crippen LogP contribution in [0.2, 0.25) is 0 Å². The lowest BCUT2D eigenvalue weighted by Crippen LogP contribution is -2.44. The predicted octanol–water partition coefficient (Wildman–Crippen LogP) is 1.79. The molecule has 1 aromatic carbocycles. The van der Waals surface area contributed by atoms with Crippen LogP contribution in [0.15, 0.2) is 24.3 Å². The Kier molecular flexibility index (Phi) is 5.20. The number of ether oxygens (including phenoxy) is 2. The molecule has 0 aromatic heterocycles. The number of hydrogen-bond acceptors (Lipinski definition) is 4. The molecule has 0 spiro atoms. The van der Waals surface area contributed by atoms with Gasteiger partial charge in [0.15, 0.2) is 6.61 Å². The van der Waals surface area contributed by atoms with Crippen molar-refractivity contribution in [3.8, 4) is 5.75 Å². The lowest BCUT2D eigenvalue weighted by atomic mass is 9.98. The van der Waals surface area contributed by atoms with E-state index in [-0.39, 0.29) is 24.4 Å². The van der Waals surface area contributed by atoms with E-state index in [1.807, 2.05) is 31.2 Å². The molecule has 0 N–H and O–H groups in total. The van der Waals surface area contributed by atoms with Crippen LogP contribution < -0.4 is 4.74 Å². The molecule has 1 saturated heterocycles. The first kappa shape index (κ1) is 15.4. The maximum atomic E-state index is 12.1. The average Bonchev–Trinajstić information content (AvgIpc) is 2.53. The molecule has 1 aliphatic heterocycles. The molecule has 1 heterocycles. The van der Waals surface area contributed by atoms with E-state index in [2.05, 4.69) is 0 Å². The quantitative estimate of drug-likeness (QED) is 0.794. The van der Waals surface area contributed by atoms with Crippen LogP contribution in [0.3, 0.4) is 0 Å². The van der Waals surface area contributed by atoms with Crippen LogP contribution in [0.4, 0.5) is 0 Å². The molecule has 1 atom stereocenters. The van der Waals surface area contributed by atoms with Crippen molar-refractivity contribution in [3.05, 3.63) is 29.8 Å². The fourth-order valence-corrected chi connectivity index (χ4v) is 2.43. The van der Waals surface area contributed by atoms with Crippen LogP contribution in [0.25, 0.3) is 0 Å². The number of hydrogen-bond donors (Lipinski definition) is 0. The first-order valence-electron chi connectivity index (χ1n) is 7.15. The van der Waals surface area contributed by atoms with Crippen molar-refractivity contribution < 1.29 is 19.1 Å². The summed E-state index contributed by atoms with van der Waals surface area (Å²) in [5, 5.41) is 0. The summed E-state index contributed by atoms with van der Waals surface area (Å²) in [5.74, 6) is 0.124. The van der Waals surface area contributed by atoms with Crippen LogP contribution in [-0.2, 0) is 14.3 Å². The van der Waals surface area contributed by atoms with E-state index in [0.717, 1.165) is 18.4 Å². The molecule has 0 saturated carbocycles. The predicted molar refractivity (Wildman–Crippen MR) is 78.0 cm³/mol. The van der Waals surface area contributed by atoms with Gasteiger partial charge >= 0.3 is 5.97 Å². The van der Waals surface area contributed by atoms with Crippen molar-refractivity contribution in [2.24, 2.45) is 5.92 Å². The van der Waals surface area contributed by atoms with Crippen molar-refractivity contribution in [1.29, 1.82) is 0 Å². The number of amides is 1. The first-order chi connectivity index (χ1) is 10.1. The van der Waals surface area contributed by atoms with Crippen LogP contribution in [0.1, 0.15) is 18.4 Å². The topological polar surface area (TPSA) is 55.8 Å². The zero-order valence-corrected chi connectivity index (χ0v) is 12.5. The SMILES string of the molecule is COC(=O)[C@H]1CCCN(C(=O)COc2ccc(C)cc2)C1. The molecule has 5 nitrogen and oxygen atoms in total. The minimum absolute atomic E-state index is 0.00302. The zero-order valence-electron chi connectivity index (χ0n) is 12.5. The second kappa shape index (κ2) is 7.11. The third-order valence-electron chi connectivity index (χ3n) is 3.69. The summed E-state index contributed by atoms with van der Waals surface area (Å²) < 4.78 is 10.2. The Bertz CT molecular complexity index is 498. The molecule has 2 rings (SSSR count). The number of benzene rings is 1. The van der Waals surface area contributed by atoms with E-state index in [0.29, 0.717) is 18.8 Å². The number of likely N-dealkylation sites (tertiary alicyclic amines) is 1. The van der Waals surface area contributed by atoms with Gasteiger partial charge in [0.2, 0.25) is 0 Å². The fourth-order valence-electron chi connectivity index (χ4n) is 2.43. The van der Waals surface area contributed by atoms with Gasteiger partial charge in [-0.15, -0.1) is 0 Å². The summed E-state index contributed by atoms with van der Waals surface area (Å²) in [7, 11) is 1.38. The molecule has 21 heavy (non-hydrogen) atoms. The number of carbonyl (C=O) groups is 2. The highest BCUT2D eigenvalue weighted by molar-refractivity contribution is 5.79. The Hall–Kier alpha value is -2.04. The van der Waals surface area contributed by atoms with Crippen LogP contribution in [0.5, 0.6) is 5.75 Å². The van der Waals surface area contributed by atoms with Crippen LogP contribution in [-0.4, -0.2) is 43.6 Å². The number of methoxy groups -OCH3 is 1. The minimum Gasteiger partial charge on any atom is -0.484 e. The van der Waals surface area contributed by atoms with Crippen molar-refractivity contribution in [1.82, 2.24) is 4.90 Å². The average molecular weight is 291 g/mol. The van der Waals surface area contributed by atoms with Gasteiger partial charge < -0.3 is 14.4 Å². The van der Waals surface area contributed by atoms with E-state index in [4.69, 9.17) is 9.47 Å². The Morgan fingerprint density at radius 3 is 2.67 bits per heavy atom. The van der Waals surface area contributed by atoms with Gasteiger partial charge in [0.25, 0.3) is 5.91 Å². The van der Waals surface area contributed by atoms with Gasteiger partial charge in [-0.1, -0.05) is 17.7 Å². The second-order valence-corrected chi connectivity index (χ2v) is 5.30. The van der Waals surface area contributed by atoms with E-state index in [1.54, 1.807) is 4.90 Å². The summed E-state index contributed by atoms with van der Waals surface area (Å²) in [6.45, 7) is 3.08. The molecule has 0 aliphatic carbocycles. The van der Waals surface area contributed by atoms with Gasteiger partial charge in [-0.25, -0.2) is 0 Å². The number of nitrogens with zero attached hydrogens (tertiary/aromatic N) is 1. The first-order valence-corrected chi connectivity index (χ1v) is 7.15. The van der Waals surface area contributed by atoms with Crippen molar-refractivity contribution in [2.75, 3.05) is 26.8 Å². The summed E-state index contributed by atoms with van der Waals surface area (Å²) in [6, 6.07) is 7.56. The molecular weight excluding hydrogens is 270 g/mol. The van der Waals surface area contributed by atoms with Crippen molar-refractivity contribution in [2.45, 2.75) is 19.8 Å². The second-order valence-electron chi connectivity index (χ2n) is 5.30. The van der Waals surface area contributed by atoms with Gasteiger partial charge in [0, 0.05) is 13.1 Å². The van der Waals surface area contributed by atoms with E-state index in [1.165, 1.54) is 7.11 Å².